The molecule has 2 aromatic carbocycles. The first kappa shape index (κ1) is 24.6. The second kappa shape index (κ2) is 11.1. The van der Waals surface area contributed by atoms with Crippen LogP contribution in [0.25, 0.3) is 0 Å². The Morgan fingerprint density at radius 2 is 1.77 bits per heavy atom. The summed E-state index contributed by atoms with van der Waals surface area (Å²) >= 11 is 13.8. The van der Waals surface area contributed by atoms with E-state index in [0.29, 0.717) is 10.0 Å². The summed E-state index contributed by atoms with van der Waals surface area (Å²) in [6.45, 7) is 7.71. The Morgan fingerprint density at radius 3 is 2.37 bits per heavy atom. The number of carbonyl (C=O) groups excluding carboxylic acids is 2. The van der Waals surface area contributed by atoms with Gasteiger partial charge < -0.3 is 10.2 Å². The number of amides is 2. The van der Waals surface area contributed by atoms with E-state index in [0.717, 1.165) is 16.9 Å². The van der Waals surface area contributed by atoms with E-state index in [4.69, 9.17) is 23.2 Å². The molecule has 0 aliphatic carbocycles. The van der Waals surface area contributed by atoms with Crippen LogP contribution in [0.1, 0.15) is 38.8 Å². The van der Waals surface area contributed by atoms with Crippen molar-refractivity contribution in [2.45, 2.75) is 51.6 Å². The maximum atomic E-state index is 13.1. The lowest BCUT2D eigenvalue weighted by Crippen LogP contribution is -2.52. The molecule has 1 N–H and O–H groups in total. The molecule has 0 heterocycles. The maximum Gasteiger partial charge on any atom is 0.242 e. The normalized spacial score (nSPS) is 12.3. The van der Waals surface area contributed by atoms with Crippen LogP contribution in [0.4, 0.5) is 0 Å². The highest BCUT2D eigenvalue weighted by Gasteiger charge is 2.28. The van der Waals surface area contributed by atoms with Crippen LogP contribution >= 0.6 is 35.0 Å². The fraction of sp³-hybridized carbons (Fsp3) is 0.391. The number of nitrogens with one attached hydrogen (secondary N) is 1. The summed E-state index contributed by atoms with van der Waals surface area (Å²) in [4.78, 5) is 27.4. The third-order valence-electron chi connectivity index (χ3n) is 4.36. The van der Waals surface area contributed by atoms with Gasteiger partial charge >= 0.3 is 0 Å². The molecule has 30 heavy (non-hydrogen) atoms. The molecule has 4 nitrogen and oxygen atoms in total. The topological polar surface area (TPSA) is 49.4 Å². The third-order valence-corrected chi connectivity index (χ3v) is 5.93. The van der Waals surface area contributed by atoms with Crippen molar-refractivity contribution >= 4 is 46.8 Å². The van der Waals surface area contributed by atoms with E-state index in [2.05, 4.69) is 5.32 Å². The van der Waals surface area contributed by atoms with Crippen molar-refractivity contribution in [2.75, 3.05) is 5.75 Å². The van der Waals surface area contributed by atoms with Crippen molar-refractivity contribution in [3.05, 3.63) is 69.7 Å². The molecular weight excluding hydrogens is 439 g/mol. The summed E-state index contributed by atoms with van der Waals surface area (Å²) in [5, 5.41) is 3.95. The van der Waals surface area contributed by atoms with Gasteiger partial charge in [0.15, 0.2) is 0 Å². The zero-order valence-corrected chi connectivity index (χ0v) is 20.1. The molecule has 2 amide bonds. The number of halogens is 2. The van der Waals surface area contributed by atoms with Crippen LogP contribution < -0.4 is 5.32 Å². The second-order valence-corrected chi connectivity index (χ2v) is 9.98. The summed E-state index contributed by atoms with van der Waals surface area (Å²) in [5.74, 6) is 0.685. The molecule has 0 bridgehead atoms. The molecule has 2 rings (SSSR count). The summed E-state index contributed by atoms with van der Waals surface area (Å²) in [7, 11) is 0. The van der Waals surface area contributed by atoms with Crippen molar-refractivity contribution in [2.24, 2.45) is 0 Å². The molecule has 0 aliphatic rings. The van der Waals surface area contributed by atoms with Crippen molar-refractivity contribution in [1.82, 2.24) is 10.2 Å². The first-order valence-electron chi connectivity index (χ1n) is 9.74. The molecule has 0 unspecified atom stereocenters. The number of nitrogens with zero attached hydrogens (tertiary/aromatic N) is 1. The standard InChI is InChI=1S/C23H28Cl2N2O2S/c1-16(22(29)26-23(2,3)4)27(13-18-10-11-19(24)12-20(18)25)21(28)15-30-14-17-8-6-5-7-9-17/h5-12,16H,13-15H2,1-4H3,(H,26,29)/t16-/m0/s1. The molecule has 0 spiro atoms. The average molecular weight is 467 g/mol. The Balaban J connectivity index is 2.14. The number of rotatable bonds is 8. The van der Waals surface area contributed by atoms with Gasteiger partial charge in [-0.05, 0) is 51.0 Å². The van der Waals surface area contributed by atoms with Crippen LogP contribution in [0, 0.1) is 0 Å². The zero-order valence-electron chi connectivity index (χ0n) is 17.7. The highest BCUT2D eigenvalue weighted by atomic mass is 35.5. The molecular formula is C23H28Cl2N2O2S. The zero-order chi connectivity index (χ0) is 22.3. The van der Waals surface area contributed by atoms with Crippen molar-refractivity contribution in [3.8, 4) is 0 Å². The predicted octanol–water partition coefficient (Wildman–Crippen LogP) is 5.56. The first-order chi connectivity index (χ1) is 14.1. The monoisotopic (exact) mass is 466 g/mol. The molecule has 0 fully saturated rings. The summed E-state index contributed by atoms with van der Waals surface area (Å²) in [5.41, 5.74) is 1.51. The van der Waals surface area contributed by atoms with Crippen LogP contribution in [-0.2, 0) is 21.9 Å². The molecule has 0 saturated carbocycles. The van der Waals surface area contributed by atoms with Crippen LogP contribution in [-0.4, -0.2) is 34.0 Å². The SMILES string of the molecule is C[C@@H](C(=O)NC(C)(C)C)N(Cc1ccc(Cl)cc1Cl)C(=O)CSCc1ccccc1. The molecule has 7 heteroatoms. The van der Waals surface area contributed by atoms with Gasteiger partial charge in [0, 0.05) is 27.9 Å². The van der Waals surface area contributed by atoms with Gasteiger partial charge in [0.25, 0.3) is 0 Å². The van der Waals surface area contributed by atoms with E-state index >= 15 is 0 Å². The molecule has 1 atom stereocenters. The summed E-state index contributed by atoms with van der Waals surface area (Å²) < 4.78 is 0. The summed E-state index contributed by atoms with van der Waals surface area (Å²) in [6.07, 6.45) is 0. The van der Waals surface area contributed by atoms with E-state index in [9.17, 15) is 9.59 Å². The Labute approximate surface area is 193 Å². The Bertz CT molecular complexity index is 869. The molecule has 2 aromatic rings. The van der Waals surface area contributed by atoms with Crippen LogP contribution in [0.3, 0.4) is 0 Å². The summed E-state index contributed by atoms with van der Waals surface area (Å²) in [6, 6.07) is 14.5. The van der Waals surface area contributed by atoms with Gasteiger partial charge in [0.1, 0.15) is 6.04 Å². The molecule has 162 valence electrons. The Hall–Kier alpha value is -1.69. The van der Waals surface area contributed by atoms with Gasteiger partial charge in [-0.2, -0.15) is 0 Å². The fourth-order valence-electron chi connectivity index (χ4n) is 2.80. The predicted molar refractivity (Wildman–Crippen MR) is 127 cm³/mol. The van der Waals surface area contributed by atoms with E-state index in [-0.39, 0.29) is 29.7 Å². The number of hydrogen-bond acceptors (Lipinski definition) is 3. The molecule has 0 aromatic heterocycles. The largest absolute Gasteiger partial charge is 0.350 e. The quantitative estimate of drug-likeness (QED) is 0.553. The minimum absolute atomic E-state index is 0.112. The van der Waals surface area contributed by atoms with Crippen molar-refractivity contribution in [1.29, 1.82) is 0 Å². The minimum atomic E-state index is -0.638. The van der Waals surface area contributed by atoms with Gasteiger partial charge in [-0.1, -0.05) is 59.6 Å². The number of thioether (sulfide) groups is 1. The van der Waals surface area contributed by atoms with E-state index in [1.807, 2.05) is 51.1 Å². The van der Waals surface area contributed by atoms with Gasteiger partial charge in [0.05, 0.1) is 5.75 Å². The van der Waals surface area contributed by atoms with E-state index in [1.165, 1.54) is 11.8 Å². The van der Waals surface area contributed by atoms with Crippen LogP contribution in [0.5, 0.6) is 0 Å². The second-order valence-electron chi connectivity index (χ2n) is 8.15. The number of hydrogen-bond donors (Lipinski definition) is 1. The van der Waals surface area contributed by atoms with Gasteiger partial charge in [0.2, 0.25) is 11.8 Å². The lowest BCUT2D eigenvalue weighted by molar-refractivity contribution is -0.139. The van der Waals surface area contributed by atoms with E-state index < -0.39 is 6.04 Å². The highest BCUT2D eigenvalue weighted by Crippen LogP contribution is 2.24. The van der Waals surface area contributed by atoms with Crippen LogP contribution in [0.2, 0.25) is 10.0 Å². The number of carbonyl (C=O) groups is 2. The van der Waals surface area contributed by atoms with Crippen molar-refractivity contribution < 1.29 is 9.59 Å². The molecule has 0 saturated heterocycles. The Kier molecular flexibility index (Phi) is 9.08. The maximum absolute atomic E-state index is 13.1. The van der Waals surface area contributed by atoms with Crippen LogP contribution in [0.15, 0.2) is 48.5 Å². The van der Waals surface area contributed by atoms with Gasteiger partial charge in [-0.25, -0.2) is 0 Å². The van der Waals surface area contributed by atoms with Gasteiger partial charge in [-0.3, -0.25) is 9.59 Å². The first-order valence-corrected chi connectivity index (χ1v) is 11.6. The highest BCUT2D eigenvalue weighted by molar-refractivity contribution is 7.99. The van der Waals surface area contributed by atoms with Gasteiger partial charge in [-0.15, -0.1) is 11.8 Å². The Morgan fingerprint density at radius 1 is 1.10 bits per heavy atom. The van der Waals surface area contributed by atoms with Crippen molar-refractivity contribution in [3.63, 3.8) is 0 Å². The van der Waals surface area contributed by atoms with E-state index in [1.54, 1.807) is 30.0 Å². The lowest BCUT2D eigenvalue weighted by atomic mass is 10.1. The average Bonchev–Trinajstić information content (AvgIpc) is 2.66. The molecule has 0 aliphatic heterocycles. The number of benzene rings is 2. The third kappa shape index (κ3) is 7.86. The molecule has 0 radical (unpaired) electrons. The smallest absolute Gasteiger partial charge is 0.242 e. The lowest BCUT2D eigenvalue weighted by Gasteiger charge is -2.31. The fourth-order valence-corrected chi connectivity index (χ4v) is 4.14. The minimum Gasteiger partial charge on any atom is -0.350 e.